The molecule has 3 aromatic carbocycles. The van der Waals surface area contributed by atoms with E-state index in [0.717, 1.165) is 0 Å². The molecule has 3 rings (SSSR count). The van der Waals surface area contributed by atoms with Gasteiger partial charge in [0.1, 0.15) is 35.3 Å². The van der Waals surface area contributed by atoms with E-state index in [-0.39, 0.29) is 22.6 Å². The van der Waals surface area contributed by atoms with Crippen LogP contribution in [0.2, 0.25) is 0 Å². The normalized spacial score (nSPS) is 9.85. The van der Waals surface area contributed by atoms with Crippen LogP contribution in [0.15, 0.2) is 60.7 Å². The summed E-state index contributed by atoms with van der Waals surface area (Å²) in [5.74, 6) is 0.135. The lowest BCUT2D eigenvalue weighted by atomic mass is 10.1. The quantitative estimate of drug-likeness (QED) is 0.642. The molecule has 4 nitrogen and oxygen atoms in total. The molecule has 0 N–H and O–H groups in total. The molecule has 0 atom stereocenters. The first kappa shape index (κ1) is 16.9. The van der Waals surface area contributed by atoms with Crippen LogP contribution in [-0.2, 0) is 0 Å². The summed E-state index contributed by atoms with van der Waals surface area (Å²) in [7, 11) is 0. The van der Waals surface area contributed by atoms with Gasteiger partial charge in [-0.3, -0.25) is 0 Å². The Morgan fingerprint density at radius 2 is 0.962 bits per heavy atom. The van der Waals surface area contributed by atoms with E-state index < -0.39 is 11.6 Å². The van der Waals surface area contributed by atoms with Crippen molar-refractivity contribution in [1.82, 2.24) is 0 Å². The first-order chi connectivity index (χ1) is 12.6. The van der Waals surface area contributed by atoms with Gasteiger partial charge >= 0.3 is 0 Å². The van der Waals surface area contributed by atoms with Crippen LogP contribution in [0.5, 0.6) is 23.0 Å². The number of nitrogens with zero attached hydrogens (tertiary/aromatic N) is 2. The van der Waals surface area contributed by atoms with Crippen molar-refractivity contribution in [3.63, 3.8) is 0 Å². The van der Waals surface area contributed by atoms with Crippen LogP contribution >= 0.6 is 0 Å². The summed E-state index contributed by atoms with van der Waals surface area (Å²) in [6.07, 6.45) is 0. The first-order valence-corrected chi connectivity index (χ1v) is 7.44. The first-order valence-electron chi connectivity index (χ1n) is 7.44. The van der Waals surface area contributed by atoms with Gasteiger partial charge in [-0.15, -0.1) is 0 Å². The molecular formula is C20H10F2N2O2. The Bertz CT molecular complexity index is 933. The molecule has 0 aliphatic heterocycles. The summed E-state index contributed by atoms with van der Waals surface area (Å²) in [6, 6.07) is 17.1. The number of ether oxygens (including phenoxy) is 2. The molecule has 0 bridgehead atoms. The fraction of sp³-hybridized carbons (Fsp3) is 0. The Morgan fingerprint density at radius 3 is 1.27 bits per heavy atom. The molecular weight excluding hydrogens is 338 g/mol. The number of hydrogen-bond donors (Lipinski definition) is 0. The fourth-order valence-corrected chi connectivity index (χ4v) is 2.16. The topological polar surface area (TPSA) is 66.0 Å². The minimum absolute atomic E-state index is 0.107. The molecule has 0 aliphatic rings. The number of rotatable bonds is 4. The zero-order valence-corrected chi connectivity index (χ0v) is 13.2. The van der Waals surface area contributed by atoms with E-state index >= 15 is 0 Å². The van der Waals surface area contributed by atoms with E-state index in [9.17, 15) is 19.3 Å². The summed E-state index contributed by atoms with van der Waals surface area (Å²) in [5.41, 5.74) is 0.215. The maximum Gasteiger partial charge on any atom is 0.171 e. The van der Waals surface area contributed by atoms with Gasteiger partial charge in [-0.25, -0.2) is 8.78 Å². The Morgan fingerprint density at radius 1 is 0.615 bits per heavy atom. The molecule has 126 valence electrons. The maximum absolute atomic E-state index is 13.1. The highest BCUT2D eigenvalue weighted by molar-refractivity contribution is 5.57. The van der Waals surface area contributed by atoms with Crippen LogP contribution in [0.4, 0.5) is 8.78 Å². The molecule has 0 saturated heterocycles. The lowest BCUT2D eigenvalue weighted by molar-refractivity contribution is 0.417. The highest BCUT2D eigenvalue weighted by atomic mass is 19.1. The second kappa shape index (κ2) is 7.33. The molecule has 0 fully saturated rings. The van der Waals surface area contributed by atoms with Crippen LogP contribution in [0.25, 0.3) is 0 Å². The van der Waals surface area contributed by atoms with Gasteiger partial charge in [0, 0.05) is 12.1 Å². The van der Waals surface area contributed by atoms with E-state index in [1.165, 1.54) is 60.7 Å². The molecule has 0 amide bonds. The third-order valence-corrected chi connectivity index (χ3v) is 3.41. The van der Waals surface area contributed by atoms with E-state index in [4.69, 9.17) is 9.47 Å². The van der Waals surface area contributed by atoms with Crippen LogP contribution in [0.1, 0.15) is 11.1 Å². The zero-order valence-electron chi connectivity index (χ0n) is 13.2. The van der Waals surface area contributed by atoms with E-state index in [1.54, 1.807) is 0 Å². The van der Waals surface area contributed by atoms with Crippen molar-refractivity contribution < 1.29 is 18.3 Å². The summed E-state index contributed by atoms with van der Waals surface area (Å²) in [6.45, 7) is 0. The van der Waals surface area contributed by atoms with Gasteiger partial charge in [-0.2, -0.15) is 10.5 Å². The molecule has 0 saturated carbocycles. The molecule has 0 unspecified atom stereocenters. The van der Waals surface area contributed by atoms with Crippen molar-refractivity contribution in [3.05, 3.63) is 83.4 Å². The summed E-state index contributed by atoms with van der Waals surface area (Å²) in [5, 5.41) is 18.4. The van der Waals surface area contributed by atoms with Gasteiger partial charge in [0.2, 0.25) is 0 Å². The second-order valence-electron chi connectivity index (χ2n) is 5.18. The number of halogens is 2. The van der Waals surface area contributed by atoms with Gasteiger partial charge < -0.3 is 9.47 Å². The Labute approximate surface area is 148 Å². The van der Waals surface area contributed by atoms with Crippen molar-refractivity contribution >= 4 is 0 Å². The second-order valence-corrected chi connectivity index (χ2v) is 5.18. The van der Waals surface area contributed by atoms with Crippen LogP contribution in [0, 0.1) is 34.3 Å². The minimum atomic E-state index is -0.419. The van der Waals surface area contributed by atoms with E-state index in [1.807, 2.05) is 12.1 Å². The molecule has 0 aromatic heterocycles. The molecule has 0 heterocycles. The highest BCUT2D eigenvalue weighted by Crippen LogP contribution is 2.37. The number of hydrogen-bond acceptors (Lipinski definition) is 4. The van der Waals surface area contributed by atoms with Gasteiger partial charge in [0.05, 0.1) is 11.1 Å². The van der Waals surface area contributed by atoms with Crippen molar-refractivity contribution in [3.8, 4) is 35.1 Å². The van der Waals surface area contributed by atoms with Gasteiger partial charge in [-0.05, 0) is 48.5 Å². The summed E-state index contributed by atoms with van der Waals surface area (Å²) < 4.78 is 37.5. The molecule has 6 heteroatoms. The maximum atomic E-state index is 13.1. The minimum Gasteiger partial charge on any atom is -0.453 e. The Balaban J connectivity index is 2.02. The van der Waals surface area contributed by atoms with Crippen molar-refractivity contribution in [2.24, 2.45) is 0 Å². The average Bonchev–Trinajstić information content (AvgIpc) is 2.66. The summed E-state index contributed by atoms with van der Waals surface area (Å²) in [4.78, 5) is 0. The lowest BCUT2D eigenvalue weighted by Gasteiger charge is -2.13. The predicted octanol–water partition coefficient (Wildman–Crippen LogP) is 5.29. The predicted molar refractivity (Wildman–Crippen MR) is 88.8 cm³/mol. The Kier molecular flexibility index (Phi) is 4.78. The monoisotopic (exact) mass is 348 g/mol. The van der Waals surface area contributed by atoms with Gasteiger partial charge in [-0.1, -0.05) is 0 Å². The standard InChI is InChI=1S/C20H10F2N2O2/c21-15-1-5-17(6-2-15)25-19-9-13(11-23)14(12-24)10-20(19)26-18-7-3-16(22)4-8-18/h1-10H. The molecule has 0 radical (unpaired) electrons. The van der Waals surface area contributed by atoms with Crippen LogP contribution in [0.3, 0.4) is 0 Å². The third-order valence-electron chi connectivity index (χ3n) is 3.41. The number of nitriles is 2. The molecule has 0 aliphatic carbocycles. The van der Waals surface area contributed by atoms with E-state index in [2.05, 4.69) is 0 Å². The van der Waals surface area contributed by atoms with Crippen LogP contribution in [-0.4, -0.2) is 0 Å². The fourth-order valence-electron chi connectivity index (χ4n) is 2.16. The average molecular weight is 348 g/mol. The number of benzene rings is 3. The lowest BCUT2D eigenvalue weighted by Crippen LogP contribution is -1.94. The van der Waals surface area contributed by atoms with Gasteiger partial charge in [0.15, 0.2) is 11.5 Å². The highest BCUT2D eigenvalue weighted by Gasteiger charge is 2.14. The van der Waals surface area contributed by atoms with Crippen molar-refractivity contribution in [1.29, 1.82) is 10.5 Å². The smallest absolute Gasteiger partial charge is 0.171 e. The molecule has 3 aromatic rings. The van der Waals surface area contributed by atoms with Crippen molar-refractivity contribution in [2.45, 2.75) is 0 Å². The summed E-state index contributed by atoms with van der Waals surface area (Å²) >= 11 is 0. The van der Waals surface area contributed by atoms with Crippen molar-refractivity contribution in [2.75, 3.05) is 0 Å². The zero-order chi connectivity index (χ0) is 18.5. The molecule has 0 spiro atoms. The van der Waals surface area contributed by atoms with Gasteiger partial charge in [0.25, 0.3) is 0 Å². The molecule has 26 heavy (non-hydrogen) atoms. The van der Waals surface area contributed by atoms with E-state index in [0.29, 0.717) is 11.5 Å². The van der Waals surface area contributed by atoms with Crippen LogP contribution < -0.4 is 9.47 Å². The SMILES string of the molecule is N#Cc1cc(Oc2ccc(F)cc2)c(Oc2ccc(F)cc2)cc1C#N. The Hall–Kier alpha value is -3.90. The largest absolute Gasteiger partial charge is 0.453 e. The third kappa shape index (κ3) is 3.77.